The monoisotopic (exact) mass is 263 g/mol. The van der Waals surface area contributed by atoms with Gasteiger partial charge >= 0.3 is 0 Å². The third-order valence-electron chi connectivity index (χ3n) is 3.63. The van der Waals surface area contributed by atoms with Crippen LogP contribution in [0.4, 0.5) is 11.6 Å². The van der Waals surface area contributed by atoms with E-state index in [0.29, 0.717) is 11.7 Å². The maximum atomic E-state index is 5.93. The van der Waals surface area contributed by atoms with Crippen molar-refractivity contribution in [1.29, 1.82) is 0 Å². The molecule has 0 bridgehead atoms. The molecule has 19 heavy (non-hydrogen) atoms. The minimum atomic E-state index is 0.335. The molecule has 106 valence electrons. The highest BCUT2D eigenvalue weighted by atomic mass is 15.1. The van der Waals surface area contributed by atoms with Crippen molar-refractivity contribution in [3.8, 4) is 0 Å². The highest BCUT2D eigenvalue weighted by Crippen LogP contribution is 2.26. The first-order chi connectivity index (χ1) is 9.18. The maximum Gasteiger partial charge on any atom is 0.134 e. The minimum absolute atomic E-state index is 0.335. The molecule has 3 N–H and O–H groups in total. The quantitative estimate of drug-likeness (QED) is 0.769. The lowest BCUT2D eigenvalue weighted by molar-refractivity contribution is 0.337. The summed E-state index contributed by atoms with van der Waals surface area (Å²) in [6.07, 6.45) is 5.38. The molecule has 5 nitrogen and oxygen atoms in total. The van der Waals surface area contributed by atoms with E-state index in [0.717, 1.165) is 24.3 Å². The van der Waals surface area contributed by atoms with Crippen molar-refractivity contribution in [2.75, 3.05) is 37.2 Å². The zero-order valence-electron chi connectivity index (χ0n) is 12.0. The molecular weight excluding hydrogens is 238 g/mol. The van der Waals surface area contributed by atoms with Crippen LogP contribution in [0.1, 0.15) is 44.6 Å². The third kappa shape index (κ3) is 3.80. The molecule has 2 heterocycles. The van der Waals surface area contributed by atoms with Crippen molar-refractivity contribution >= 4 is 11.6 Å². The van der Waals surface area contributed by atoms with Crippen LogP contribution in [0, 0.1) is 0 Å². The van der Waals surface area contributed by atoms with E-state index in [1.807, 2.05) is 0 Å². The Kier molecular flexibility index (Phi) is 4.96. The van der Waals surface area contributed by atoms with E-state index >= 15 is 0 Å². The number of nitrogen functional groups attached to an aromatic ring is 1. The molecule has 0 saturated carbocycles. The molecule has 0 radical (unpaired) electrons. The van der Waals surface area contributed by atoms with Gasteiger partial charge in [-0.25, -0.2) is 9.97 Å². The van der Waals surface area contributed by atoms with E-state index in [-0.39, 0.29) is 0 Å². The van der Waals surface area contributed by atoms with E-state index < -0.39 is 0 Å². The fourth-order valence-electron chi connectivity index (χ4n) is 2.63. The molecular formula is C14H25N5. The van der Waals surface area contributed by atoms with Gasteiger partial charge in [0.15, 0.2) is 0 Å². The summed E-state index contributed by atoms with van der Waals surface area (Å²) in [4.78, 5) is 10.9. The Hall–Kier alpha value is -1.36. The molecule has 0 amide bonds. The molecule has 2 rings (SSSR count). The van der Waals surface area contributed by atoms with Crippen LogP contribution >= 0.6 is 0 Å². The number of nitrogens with two attached hydrogens (primary N) is 1. The van der Waals surface area contributed by atoms with Crippen molar-refractivity contribution in [2.24, 2.45) is 0 Å². The highest BCUT2D eigenvalue weighted by molar-refractivity contribution is 5.56. The predicted octanol–water partition coefficient (Wildman–Crippen LogP) is 2.08. The van der Waals surface area contributed by atoms with E-state index in [1.54, 1.807) is 0 Å². The van der Waals surface area contributed by atoms with E-state index in [1.165, 1.54) is 38.8 Å². The second-order valence-electron chi connectivity index (χ2n) is 5.50. The normalized spacial score (nSPS) is 16.2. The molecule has 1 aromatic rings. The largest absolute Gasteiger partial charge is 0.383 e. The Bertz CT molecular complexity index is 399. The molecule has 1 fully saturated rings. The molecule has 0 spiro atoms. The maximum absolute atomic E-state index is 5.93. The highest BCUT2D eigenvalue weighted by Gasteiger charge is 2.13. The van der Waals surface area contributed by atoms with Gasteiger partial charge in [0.25, 0.3) is 0 Å². The lowest BCUT2D eigenvalue weighted by Gasteiger charge is -2.17. The number of hydrogen-bond acceptors (Lipinski definition) is 5. The molecule has 5 heteroatoms. The fourth-order valence-corrected chi connectivity index (χ4v) is 2.63. The van der Waals surface area contributed by atoms with Gasteiger partial charge in [-0.2, -0.15) is 0 Å². The molecule has 1 aromatic heterocycles. The van der Waals surface area contributed by atoms with Gasteiger partial charge in [0.1, 0.15) is 18.0 Å². The third-order valence-corrected chi connectivity index (χ3v) is 3.63. The summed E-state index contributed by atoms with van der Waals surface area (Å²) < 4.78 is 0. The SMILES string of the molecule is CC(C)c1c(N)ncnc1NCCCN1CCCC1. The Morgan fingerprint density at radius 3 is 2.74 bits per heavy atom. The molecule has 1 aliphatic heterocycles. The van der Waals surface area contributed by atoms with Crippen molar-refractivity contribution in [1.82, 2.24) is 14.9 Å². The average molecular weight is 263 g/mol. The van der Waals surface area contributed by atoms with Crippen molar-refractivity contribution in [3.63, 3.8) is 0 Å². The number of nitrogens with one attached hydrogen (secondary N) is 1. The van der Waals surface area contributed by atoms with Gasteiger partial charge in [0.05, 0.1) is 0 Å². The summed E-state index contributed by atoms with van der Waals surface area (Å²) in [5, 5.41) is 3.40. The van der Waals surface area contributed by atoms with Crippen LogP contribution in [-0.4, -0.2) is 41.0 Å². The topological polar surface area (TPSA) is 67.1 Å². The summed E-state index contributed by atoms with van der Waals surface area (Å²) in [5.74, 6) is 1.82. The summed E-state index contributed by atoms with van der Waals surface area (Å²) in [6, 6.07) is 0. The molecule has 0 aliphatic carbocycles. The molecule has 0 unspecified atom stereocenters. The fraction of sp³-hybridized carbons (Fsp3) is 0.714. The first-order valence-corrected chi connectivity index (χ1v) is 7.25. The van der Waals surface area contributed by atoms with Crippen LogP contribution in [0.15, 0.2) is 6.33 Å². The lowest BCUT2D eigenvalue weighted by atomic mass is 10.0. The van der Waals surface area contributed by atoms with Gasteiger partial charge in [0.2, 0.25) is 0 Å². The van der Waals surface area contributed by atoms with Gasteiger partial charge in [-0.3, -0.25) is 0 Å². The van der Waals surface area contributed by atoms with Gasteiger partial charge in [-0.1, -0.05) is 13.8 Å². The molecule has 1 aliphatic rings. The number of nitrogens with zero attached hydrogens (tertiary/aromatic N) is 3. The van der Waals surface area contributed by atoms with Gasteiger partial charge in [-0.15, -0.1) is 0 Å². The average Bonchev–Trinajstić information content (AvgIpc) is 2.87. The van der Waals surface area contributed by atoms with Crippen molar-refractivity contribution in [3.05, 3.63) is 11.9 Å². The summed E-state index contributed by atoms with van der Waals surface area (Å²) in [5.41, 5.74) is 6.96. The molecule has 0 atom stereocenters. The van der Waals surface area contributed by atoms with Crippen LogP contribution in [0.3, 0.4) is 0 Å². The number of rotatable bonds is 6. The van der Waals surface area contributed by atoms with Crippen LogP contribution in [0.5, 0.6) is 0 Å². The van der Waals surface area contributed by atoms with E-state index in [4.69, 9.17) is 5.73 Å². The van der Waals surface area contributed by atoms with Crippen molar-refractivity contribution < 1.29 is 0 Å². The van der Waals surface area contributed by atoms with Crippen molar-refractivity contribution in [2.45, 2.75) is 39.0 Å². The smallest absolute Gasteiger partial charge is 0.134 e. The molecule has 0 aromatic carbocycles. The standard InChI is InChI=1S/C14H25N5/c1-11(2)12-13(15)17-10-18-14(12)16-6-5-9-19-7-3-4-8-19/h10-11H,3-9H2,1-2H3,(H3,15,16,17,18). The summed E-state index contributed by atoms with van der Waals surface area (Å²) >= 11 is 0. The second kappa shape index (κ2) is 6.70. The van der Waals surface area contributed by atoms with E-state index in [2.05, 4.69) is 34.0 Å². The number of aromatic nitrogens is 2. The number of hydrogen-bond donors (Lipinski definition) is 2. The van der Waals surface area contributed by atoms with E-state index in [9.17, 15) is 0 Å². The Morgan fingerprint density at radius 2 is 2.05 bits per heavy atom. The zero-order valence-corrected chi connectivity index (χ0v) is 12.0. The van der Waals surface area contributed by atoms with Crippen LogP contribution < -0.4 is 11.1 Å². The Morgan fingerprint density at radius 1 is 1.32 bits per heavy atom. The van der Waals surface area contributed by atoms with Gasteiger partial charge < -0.3 is 16.0 Å². The zero-order chi connectivity index (χ0) is 13.7. The Labute approximate surface area is 115 Å². The van der Waals surface area contributed by atoms with Crippen LogP contribution in [0.25, 0.3) is 0 Å². The first kappa shape index (κ1) is 14.1. The second-order valence-corrected chi connectivity index (χ2v) is 5.50. The number of anilines is 2. The van der Waals surface area contributed by atoms with Crippen LogP contribution in [-0.2, 0) is 0 Å². The Balaban J connectivity index is 1.83. The lowest BCUT2D eigenvalue weighted by Crippen LogP contribution is -2.22. The van der Waals surface area contributed by atoms with Crippen LogP contribution in [0.2, 0.25) is 0 Å². The predicted molar refractivity (Wildman–Crippen MR) is 79.3 cm³/mol. The van der Waals surface area contributed by atoms with Gasteiger partial charge in [0, 0.05) is 12.1 Å². The summed E-state index contributed by atoms with van der Waals surface area (Å²) in [6.45, 7) is 8.86. The summed E-state index contributed by atoms with van der Waals surface area (Å²) in [7, 11) is 0. The van der Waals surface area contributed by atoms with Gasteiger partial charge in [-0.05, 0) is 44.8 Å². The first-order valence-electron chi connectivity index (χ1n) is 7.25. The number of likely N-dealkylation sites (tertiary alicyclic amines) is 1. The minimum Gasteiger partial charge on any atom is -0.383 e. The molecule has 1 saturated heterocycles.